The van der Waals surface area contributed by atoms with Crippen molar-refractivity contribution in [1.82, 2.24) is 0 Å². The zero-order valence-electron chi connectivity index (χ0n) is 9.30. The van der Waals surface area contributed by atoms with Crippen LogP contribution in [0.4, 0.5) is 0 Å². The largest absolute Gasteiger partial charge is 0.381 e. The minimum atomic E-state index is 0.0707. The molecule has 0 aliphatic heterocycles. The second-order valence-corrected chi connectivity index (χ2v) is 3.89. The number of methoxy groups -OCH3 is 1. The van der Waals surface area contributed by atoms with Crippen molar-refractivity contribution in [1.29, 1.82) is 0 Å². The number of carbonyl (C=O) groups excluding carboxylic acids is 1. The first-order valence-electron chi connectivity index (χ1n) is 5.14. The molecule has 0 bridgehead atoms. The van der Waals surface area contributed by atoms with Gasteiger partial charge in [0.25, 0.3) is 0 Å². The summed E-state index contributed by atoms with van der Waals surface area (Å²) >= 11 is 0. The molecule has 0 aliphatic rings. The molecule has 0 amide bonds. The molecule has 2 unspecified atom stereocenters. The standard InChI is InChI=1S/C11H22O2/c1-5-6-9(2)7-11(12)8-10(3)13-4/h9-10H,5-8H2,1-4H3. The normalized spacial score (nSPS) is 15.4. The van der Waals surface area contributed by atoms with E-state index in [2.05, 4.69) is 13.8 Å². The quantitative estimate of drug-likeness (QED) is 0.611. The van der Waals surface area contributed by atoms with Crippen LogP contribution in [0.1, 0.15) is 46.5 Å². The number of ketones is 1. The summed E-state index contributed by atoms with van der Waals surface area (Å²) in [5.41, 5.74) is 0. The van der Waals surface area contributed by atoms with Crippen molar-refractivity contribution in [3.63, 3.8) is 0 Å². The van der Waals surface area contributed by atoms with Crippen LogP contribution in [0.2, 0.25) is 0 Å². The molecule has 78 valence electrons. The zero-order chi connectivity index (χ0) is 10.3. The van der Waals surface area contributed by atoms with E-state index in [1.54, 1.807) is 7.11 Å². The maximum atomic E-state index is 11.4. The molecule has 2 heteroatoms. The van der Waals surface area contributed by atoms with Gasteiger partial charge in [-0.3, -0.25) is 4.79 Å². The van der Waals surface area contributed by atoms with Crippen LogP contribution in [-0.2, 0) is 9.53 Å². The van der Waals surface area contributed by atoms with Gasteiger partial charge < -0.3 is 4.74 Å². The summed E-state index contributed by atoms with van der Waals surface area (Å²) in [5.74, 6) is 0.858. The summed E-state index contributed by atoms with van der Waals surface area (Å²) in [7, 11) is 1.65. The van der Waals surface area contributed by atoms with Crippen LogP contribution in [0.15, 0.2) is 0 Å². The molecule has 0 spiro atoms. The van der Waals surface area contributed by atoms with Crippen LogP contribution in [0.3, 0.4) is 0 Å². The number of hydrogen-bond donors (Lipinski definition) is 0. The van der Waals surface area contributed by atoms with Gasteiger partial charge in [0.1, 0.15) is 5.78 Å². The van der Waals surface area contributed by atoms with Gasteiger partial charge in [0, 0.05) is 20.0 Å². The molecule has 0 aliphatic carbocycles. The van der Waals surface area contributed by atoms with Gasteiger partial charge in [-0.25, -0.2) is 0 Å². The predicted octanol–water partition coefficient (Wildman–Crippen LogP) is 2.81. The van der Waals surface area contributed by atoms with Gasteiger partial charge in [-0.2, -0.15) is 0 Å². The van der Waals surface area contributed by atoms with E-state index in [0.717, 1.165) is 12.8 Å². The maximum absolute atomic E-state index is 11.4. The maximum Gasteiger partial charge on any atom is 0.135 e. The van der Waals surface area contributed by atoms with Gasteiger partial charge in [-0.15, -0.1) is 0 Å². The fraction of sp³-hybridized carbons (Fsp3) is 0.909. The first kappa shape index (κ1) is 12.6. The van der Waals surface area contributed by atoms with Gasteiger partial charge >= 0.3 is 0 Å². The number of carbonyl (C=O) groups is 1. The molecule has 0 rings (SSSR count). The van der Waals surface area contributed by atoms with Gasteiger partial charge in [-0.1, -0.05) is 26.7 Å². The van der Waals surface area contributed by atoms with E-state index < -0.39 is 0 Å². The van der Waals surface area contributed by atoms with E-state index in [-0.39, 0.29) is 6.10 Å². The molecule has 0 aromatic rings. The predicted molar refractivity (Wildman–Crippen MR) is 54.8 cm³/mol. The third-order valence-electron chi connectivity index (χ3n) is 2.28. The Morgan fingerprint density at radius 1 is 1.31 bits per heavy atom. The highest BCUT2D eigenvalue weighted by Crippen LogP contribution is 2.12. The highest BCUT2D eigenvalue weighted by Gasteiger charge is 2.11. The fourth-order valence-electron chi connectivity index (χ4n) is 1.47. The van der Waals surface area contributed by atoms with E-state index in [1.165, 1.54) is 0 Å². The number of ether oxygens (including phenoxy) is 1. The smallest absolute Gasteiger partial charge is 0.135 e. The van der Waals surface area contributed by atoms with Crippen molar-refractivity contribution < 1.29 is 9.53 Å². The molecule has 2 nitrogen and oxygen atoms in total. The SMILES string of the molecule is CCCC(C)CC(=O)CC(C)OC. The Kier molecular flexibility index (Phi) is 6.87. The zero-order valence-corrected chi connectivity index (χ0v) is 9.30. The summed E-state index contributed by atoms with van der Waals surface area (Å²) in [5, 5.41) is 0. The van der Waals surface area contributed by atoms with E-state index in [9.17, 15) is 4.79 Å². The monoisotopic (exact) mass is 186 g/mol. The van der Waals surface area contributed by atoms with Crippen LogP contribution < -0.4 is 0 Å². The molecular weight excluding hydrogens is 164 g/mol. The highest BCUT2D eigenvalue weighted by atomic mass is 16.5. The Morgan fingerprint density at radius 3 is 2.38 bits per heavy atom. The second-order valence-electron chi connectivity index (χ2n) is 3.89. The Morgan fingerprint density at radius 2 is 1.92 bits per heavy atom. The van der Waals surface area contributed by atoms with Crippen molar-refractivity contribution in [2.45, 2.75) is 52.6 Å². The first-order valence-corrected chi connectivity index (χ1v) is 5.14. The number of Topliss-reactive ketones (excluding diaryl/α,β-unsaturated/α-hetero) is 1. The number of rotatable bonds is 7. The Labute approximate surface area is 81.7 Å². The van der Waals surface area contributed by atoms with Gasteiger partial charge in [0.15, 0.2) is 0 Å². The molecular formula is C11H22O2. The van der Waals surface area contributed by atoms with Crippen molar-refractivity contribution in [2.24, 2.45) is 5.92 Å². The van der Waals surface area contributed by atoms with Crippen LogP contribution in [-0.4, -0.2) is 19.0 Å². The molecule has 0 aromatic heterocycles. The summed E-state index contributed by atoms with van der Waals surface area (Å²) in [6, 6.07) is 0. The van der Waals surface area contributed by atoms with Gasteiger partial charge in [0.2, 0.25) is 0 Å². The van der Waals surface area contributed by atoms with E-state index in [1.807, 2.05) is 6.92 Å². The van der Waals surface area contributed by atoms with E-state index in [0.29, 0.717) is 24.5 Å². The first-order chi connectivity index (χ1) is 6.10. The van der Waals surface area contributed by atoms with Crippen molar-refractivity contribution >= 4 is 5.78 Å². The summed E-state index contributed by atoms with van der Waals surface area (Å²) in [6.45, 7) is 6.22. The van der Waals surface area contributed by atoms with Gasteiger partial charge in [-0.05, 0) is 12.8 Å². The summed E-state index contributed by atoms with van der Waals surface area (Å²) in [4.78, 5) is 11.4. The summed E-state index contributed by atoms with van der Waals surface area (Å²) < 4.78 is 5.04. The molecule has 0 radical (unpaired) electrons. The highest BCUT2D eigenvalue weighted by molar-refractivity contribution is 5.79. The lowest BCUT2D eigenvalue weighted by Gasteiger charge is -2.11. The molecule has 13 heavy (non-hydrogen) atoms. The van der Waals surface area contributed by atoms with Crippen LogP contribution in [0.5, 0.6) is 0 Å². The minimum Gasteiger partial charge on any atom is -0.381 e. The Balaban J connectivity index is 3.61. The average Bonchev–Trinajstić information content (AvgIpc) is 2.04. The molecule has 2 atom stereocenters. The second kappa shape index (κ2) is 7.07. The lowest BCUT2D eigenvalue weighted by molar-refractivity contribution is -0.122. The molecule has 0 saturated carbocycles. The lowest BCUT2D eigenvalue weighted by atomic mass is 9.97. The molecule has 0 aromatic carbocycles. The third kappa shape index (κ3) is 6.76. The van der Waals surface area contributed by atoms with E-state index >= 15 is 0 Å². The van der Waals surface area contributed by atoms with E-state index in [4.69, 9.17) is 4.74 Å². The fourth-order valence-corrected chi connectivity index (χ4v) is 1.47. The average molecular weight is 186 g/mol. The summed E-state index contributed by atoms with van der Waals surface area (Å²) in [6.07, 6.45) is 3.65. The molecule has 0 N–H and O–H groups in total. The minimum absolute atomic E-state index is 0.0707. The Bertz CT molecular complexity index is 143. The van der Waals surface area contributed by atoms with Crippen LogP contribution >= 0.6 is 0 Å². The number of hydrogen-bond acceptors (Lipinski definition) is 2. The van der Waals surface area contributed by atoms with Crippen molar-refractivity contribution in [3.8, 4) is 0 Å². The lowest BCUT2D eigenvalue weighted by Crippen LogP contribution is -2.14. The topological polar surface area (TPSA) is 26.3 Å². The Hall–Kier alpha value is -0.370. The molecule has 0 fully saturated rings. The van der Waals surface area contributed by atoms with Gasteiger partial charge in [0.05, 0.1) is 6.10 Å². The molecule has 0 saturated heterocycles. The van der Waals surface area contributed by atoms with Crippen LogP contribution in [0, 0.1) is 5.92 Å². The van der Waals surface area contributed by atoms with Crippen LogP contribution in [0.25, 0.3) is 0 Å². The third-order valence-corrected chi connectivity index (χ3v) is 2.28. The van der Waals surface area contributed by atoms with Crippen molar-refractivity contribution in [3.05, 3.63) is 0 Å². The molecule has 0 heterocycles. The van der Waals surface area contributed by atoms with Crippen molar-refractivity contribution in [2.75, 3.05) is 7.11 Å².